The standard InChI is InChI=1S/C20H13ClN2O3S/c1-26-20(25)12-7-3-5-9-15(12)23-19(24)16-10-13-17(27-16)11-6-2-4-8-14(11)22-18(13)21/h2-10H,1H3,(H,23,24). The highest BCUT2D eigenvalue weighted by Gasteiger charge is 2.18. The number of para-hydroxylation sites is 2. The first-order chi connectivity index (χ1) is 13.1. The number of rotatable bonds is 3. The van der Waals surface area contributed by atoms with Gasteiger partial charge in [0.15, 0.2) is 0 Å². The molecule has 4 aromatic rings. The molecule has 0 saturated carbocycles. The van der Waals surface area contributed by atoms with E-state index in [4.69, 9.17) is 16.3 Å². The Labute approximate surface area is 163 Å². The fraction of sp³-hybridized carbons (Fsp3) is 0.0500. The highest BCUT2D eigenvalue weighted by molar-refractivity contribution is 7.22. The van der Waals surface area contributed by atoms with Gasteiger partial charge in [0, 0.05) is 15.5 Å². The second-order valence-electron chi connectivity index (χ2n) is 5.76. The molecule has 2 heterocycles. The Bertz CT molecular complexity index is 1200. The number of halogens is 1. The zero-order chi connectivity index (χ0) is 19.0. The van der Waals surface area contributed by atoms with Gasteiger partial charge in [-0.2, -0.15) is 0 Å². The smallest absolute Gasteiger partial charge is 0.339 e. The quantitative estimate of drug-likeness (QED) is 0.384. The number of aromatic nitrogens is 1. The summed E-state index contributed by atoms with van der Waals surface area (Å²) in [6.45, 7) is 0. The fourth-order valence-electron chi connectivity index (χ4n) is 2.85. The van der Waals surface area contributed by atoms with Crippen molar-refractivity contribution in [2.45, 2.75) is 0 Å². The lowest BCUT2D eigenvalue weighted by molar-refractivity contribution is 0.0602. The molecule has 0 saturated heterocycles. The lowest BCUT2D eigenvalue weighted by atomic mass is 10.1. The molecule has 7 heteroatoms. The van der Waals surface area contributed by atoms with Crippen molar-refractivity contribution in [3.05, 3.63) is 70.2 Å². The Kier molecular flexibility index (Phi) is 4.51. The van der Waals surface area contributed by atoms with Gasteiger partial charge in [0.2, 0.25) is 0 Å². The molecule has 0 aliphatic heterocycles. The van der Waals surface area contributed by atoms with E-state index < -0.39 is 5.97 Å². The van der Waals surface area contributed by atoms with Crippen LogP contribution >= 0.6 is 22.9 Å². The molecule has 0 bridgehead atoms. The summed E-state index contributed by atoms with van der Waals surface area (Å²) in [5, 5.41) is 4.80. The minimum atomic E-state index is -0.513. The molecule has 0 atom stereocenters. The number of esters is 1. The zero-order valence-electron chi connectivity index (χ0n) is 14.2. The van der Waals surface area contributed by atoms with Gasteiger partial charge in [-0.15, -0.1) is 11.3 Å². The number of hydrogen-bond donors (Lipinski definition) is 1. The summed E-state index contributed by atoms with van der Waals surface area (Å²) in [4.78, 5) is 29.5. The Morgan fingerprint density at radius 2 is 1.81 bits per heavy atom. The van der Waals surface area contributed by atoms with Gasteiger partial charge in [-0.25, -0.2) is 9.78 Å². The molecule has 4 rings (SSSR count). The molecule has 134 valence electrons. The number of fused-ring (bicyclic) bond motifs is 3. The third kappa shape index (κ3) is 3.13. The molecule has 0 aliphatic rings. The van der Waals surface area contributed by atoms with Gasteiger partial charge in [0.25, 0.3) is 5.91 Å². The van der Waals surface area contributed by atoms with Crippen molar-refractivity contribution in [2.75, 3.05) is 12.4 Å². The van der Waals surface area contributed by atoms with Crippen molar-refractivity contribution in [2.24, 2.45) is 0 Å². The lowest BCUT2D eigenvalue weighted by Gasteiger charge is -2.08. The van der Waals surface area contributed by atoms with Crippen molar-refractivity contribution in [3.8, 4) is 0 Å². The van der Waals surface area contributed by atoms with Crippen molar-refractivity contribution in [3.63, 3.8) is 0 Å². The molecule has 0 radical (unpaired) electrons. The number of anilines is 1. The van der Waals surface area contributed by atoms with Crippen LogP contribution in [0.1, 0.15) is 20.0 Å². The van der Waals surface area contributed by atoms with E-state index in [0.717, 1.165) is 21.0 Å². The van der Waals surface area contributed by atoms with Gasteiger partial charge < -0.3 is 10.1 Å². The summed E-state index contributed by atoms with van der Waals surface area (Å²) in [5.41, 5.74) is 1.46. The topological polar surface area (TPSA) is 68.3 Å². The second-order valence-corrected chi connectivity index (χ2v) is 7.17. The predicted molar refractivity (Wildman–Crippen MR) is 108 cm³/mol. The highest BCUT2D eigenvalue weighted by Crippen LogP contribution is 2.36. The molecule has 2 aromatic carbocycles. The third-order valence-corrected chi connectivity index (χ3v) is 5.58. The van der Waals surface area contributed by atoms with E-state index in [9.17, 15) is 9.59 Å². The van der Waals surface area contributed by atoms with Crippen LogP contribution in [0.25, 0.3) is 21.0 Å². The third-order valence-electron chi connectivity index (χ3n) is 4.13. The second kappa shape index (κ2) is 6.98. The van der Waals surface area contributed by atoms with E-state index in [0.29, 0.717) is 21.3 Å². The first-order valence-electron chi connectivity index (χ1n) is 8.05. The van der Waals surface area contributed by atoms with Gasteiger partial charge in [0.1, 0.15) is 5.15 Å². The summed E-state index contributed by atoms with van der Waals surface area (Å²) in [6, 6.07) is 16.1. The Hall–Kier alpha value is -2.96. The maximum Gasteiger partial charge on any atom is 0.339 e. The number of hydrogen-bond acceptors (Lipinski definition) is 5. The maximum absolute atomic E-state index is 12.8. The molecular formula is C20H13ClN2O3S. The number of benzene rings is 2. The summed E-state index contributed by atoms with van der Waals surface area (Å²) in [7, 11) is 1.30. The average Bonchev–Trinajstić information content (AvgIpc) is 3.14. The van der Waals surface area contributed by atoms with Crippen LogP contribution < -0.4 is 5.32 Å². The Morgan fingerprint density at radius 3 is 2.63 bits per heavy atom. The molecule has 5 nitrogen and oxygen atoms in total. The number of carbonyl (C=O) groups excluding carboxylic acids is 2. The van der Waals surface area contributed by atoms with Crippen LogP contribution in [0.4, 0.5) is 5.69 Å². The van der Waals surface area contributed by atoms with Crippen molar-refractivity contribution in [1.29, 1.82) is 0 Å². The van der Waals surface area contributed by atoms with Gasteiger partial charge in [-0.3, -0.25) is 4.79 Å². The van der Waals surface area contributed by atoms with Crippen molar-refractivity contribution >= 4 is 61.5 Å². The number of nitrogens with zero attached hydrogens (tertiary/aromatic N) is 1. The summed E-state index contributed by atoms with van der Waals surface area (Å²) >= 11 is 7.64. The molecule has 1 N–H and O–H groups in total. The first-order valence-corrected chi connectivity index (χ1v) is 9.24. The summed E-state index contributed by atoms with van der Waals surface area (Å²) in [6.07, 6.45) is 0. The first kappa shape index (κ1) is 17.5. The van der Waals surface area contributed by atoms with E-state index >= 15 is 0 Å². The van der Waals surface area contributed by atoms with E-state index in [1.807, 2.05) is 24.3 Å². The molecule has 1 amide bonds. The molecule has 0 aliphatic carbocycles. The molecular weight excluding hydrogens is 384 g/mol. The van der Waals surface area contributed by atoms with Crippen molar-refractivity contribution in [1.82, 2.24) is 4.98 Å². The van der Waals surface area contributed by atoms with Gasteiger partial charge >= 0.3 is 5.97 Å². The van der Waals surface area contributed by atoms with Gasteiger partial charge in [0.05, 0.1) is 28.8 Å². The number of thiophene rings is 1. The number of pyridine rings is 1. The number of methoxy groups -OCH3 is 1. The molecule has 27 heavy (non-hydrogen) atoms. The number of carbonyl (C=O) groups is 2. The lowest BCUT2D eigenvalue weighted by Crippen LogP contribution is -2.14. The van der Waals surface area contributed by atoms with Crippen LogP contribution in [-0.2, 0) is 4.74 Å². The predicted octanol–water partition coefficient (Wildman–Crippen LogP) is 5.14. The number of nitrogens with one attached hydrogen (secondary N) is 1. The average molecular weight is 397 g/mol. The Morgan fingerprint density at radius 1 is 1.07 bits per heavy atom. The van der Waals surface area contributed by atoms with Crippen molar-refractivity contribution < 1.29 is 14.3 Å². The van der Waals surface area contributed by atoms with E-state index in [2.05, 4.69) is 10.3 Å². The van der Waals surface area contributed by atoms with Crippen LogP contribution in [0.3, 0.4) is 0 Å². The molecule has 0 unspecified atom stereocenters. The van der Waals surface area contributed by atoms with Crippen LogP contribution in [0.2, 0.25) is 5.15 Å². The number of ether oxygens (including phenoxy) is 1. The maximum atomic E-state index is 12.8. The van der Waals surface area contributed by atoms with Crippen LogP contribution in [0, 0.1) is 0 Å². The van der Waals surface area contributed by atoms with Crippen LogP contribution in [0.15, 0.2) is 54.6 Å². The van der Waals surface area contributed by atoms with E-state index in [1.54, 1.807) is 30.3 Å². The van der Waals surface area contributed by atoms with E-state index in [-0.39, 0.29) is 5.91 Å². The number of amides is 1. The minimum Gasteiger partial charge on any atom is -0.465 e. The van der Waals surface area contributed by atoms with Gasteiger partial charge in [-0.05, 0) is 24.3 Å². The minimum absolute atomic E-state index is 0.291. The molecule has 0 fully saturated rings. The van der Waals surface area contributed by atoms with E-state index in [1.165, 1.54) is 18.4 Å². The fourth-order valence-corrected chi connectivity index (χ4v) is 4.23. The zero-order valence-corrected chi connectivity index (χ0v) is 15.7. The van der Waals surface area contributed by atoms with Crippen LogP contribution in [-0.4, -0.2) is 24.0 Å². The summed E-state index contributed by atoms with van der Waals surface area (Å²) in [5.74, 6) is -0.840. The molecule has 2 aromatic heterocycles. The monoisotopic (exact) mass is 396 g/mol. The summed E-state index contributed by atoms with van der Waals surface area (Å²) < 4.78 is 5.66. The molecule has 0 spiro atoms. The Balaban J connectivity index is 1.75. The SMILES string of the molecule is COC(=O)c1ccccc1NC(=O)c1cc2c(Cl)nc3ccccc3c2s1. The largest absolute Gasteiger partial charge is 0.465 e. The van der Waals surface area contributed by atoms with Crippen LogP contribution in [0.5, 0.6) is 0 Å². The van der Waals surface area contributed by atoms with Gasteiger partial charge in [-0.1, -0.05) is 41.9 Å². The normalized spacial score (nSPS) is 10.9. The highest BCUT2D eigenvalue weighted by atomic mass is 35.5.